The standard InChI is InChI=1S/C6H13F3N2O2S/c7-2-1-3-14(12,13)11-5-6(8,9)4-10/h11H,1-5,10H2. The highest BCUT2D eigenvalue weighted by Crippen LogP contribution is 2.09. The molecule has 0 saturated heterocycles. The first kappa shape index (κ1) is 13.7. The van der Waals surface area contributed by atoms with Gasteiger partial charge in [0.15, 0.2) is 0 Å². The normalized spacial score (nSPS) is 13.1. The minimum Gasteiger partial charge on any atom is -0.325 e. The van der Waals surface area contributed by atoms with Gasteiger partial charge in [-0.1, -0.05) is 0 Å². The fourth-order valence-corrected chi connectivity index (χ4v) is 1.67. The molecule has 0 aromatic heterocycles. The second-order valence-electron chi connectivity index (χ2n) is 2.74. The predicted octanol–water partition coefficient (Wildman–Crippen LogP) is -0.141. The third-order valence-corrected chi connectivity index (χ3v) is 2.81. The van der Waals surface area contributed by atoms with Gasteiger partial charge in [0, 0.05) is 0 Å². The molecule has 0 aliphatic heterocycles. The molecule has 0 heterocycles. The van der Waals surface area contributed by atoms with Crippen molar-refractivity contribution in [2.75, 3.05) is 25.5 Å². The molecule has 8 heteroatoms. The van der Waals surface area contributed by atoms with Crippen LogP contribution in [0.25, 0.3) is 0 Å². The third kappa shape index (κ3) is 6.17. The fourth-order valence-electron chi connectivity index (χ4n) is 0.604. The van der Waals surface area contributed by atoms with E-state index in [0.717, 1.165) is 0 Å². The quantitative estimate of drug-likeness (QED) is 0.644. The van der Waals surface area contributed by atoms with Crippen molar-refractivity contribution in [3.05, 3.63) is 0 Å². The molecular formula is C6H13F3N2O2S. The van der Waals surface area contributed by atoms with Gasteiger partial charge in [0.1, 0.15) is 0 Å². The number of alkyl halides is 3. The summed E-state index contributed by atoms with van der Waals surface area (Å²) in [5, 5.41) is 0. The van der Waals surface area contributed by atoms with E-state index in [4.69, 9.17) is 5.73 Å². The van der Waals surface area contributed by atoms with E-state index in [2.05, 4.69) is 0 Å². The Bertz CT molecular complexity index is 256. The van der Waals surface area contributed by atoms with Crippen LogP contribution >= 0.6 is 0 Å². The maximum Gasteiger partial charge on any atom is 0.273 e. The van der Waals surface area contributed by atoms with E-state index in [9.17, 15) is 21.6 Å². The number of rotatable bonds is 7. The van der Waals surface area contributed by atoms with E-state index in [0.29, 0.717) is 0 Å². The lowest BCUT2D eigenvalue weighted by molar-refractivity contribution is 0.0170. The molecule has 0 bridgehead atoms. The van der Waals surface area contributed by atoms with Gasteiger partial charge in [0.25, 0.3) is 5.92 Å². The van der Waals surface area contributed by atoms with E-state index >= 15 is 0 Å². The highest BCUT2D eigenvalue weighted by molar-refractivity contribution is 7.89. The molecule has 3 N–H and O–H groups in total. The summed E-state index contributed by atoms with van der Waals surface area (Å²) in [5.74, 6) is -3.76. The number of sulfonamides is 1. The second-order valence-corrected chi connectivity index (χ2v) is 4.67. The fraction of sp³-hybridized carbons (Fsp3) is 1.00. The largest absolute Gasteiger partial charge is 0.325 e. The Hall–Kier alpha value is -0.340. The Kier molecular flexibility index (Phi) is 5.38. The molecule has 0 aromatic carbocycles. The van der Waals surface area contributed by atoms with Crippen molar-refractivity contribution in [2.24, 2.45) is 5.73 Å². The van der Waals surface area contributed by atoms with E-state index in [1.165, 1.54) is 0 Å². The van der Waals surface area contributed by atoms with Gasteiger partial charge in [-0.15, -0.1) is 0 Å². The van der Waals surface area contributed by atoms with Gasteiger partial charge in [-0.3, -0.25) is 4.39 Å². The average Bonchev–Trinajstić information content (AvgIpc) is 2.12. The number of hydrogen-bond acceptors (Lipinski definition) is 3. The Morgan fingerprint density at radius 2 is 1.93 bits per heavy atom. The number of nitrogens with one attached hydrogen (secondary N) is 1. The first-order valence-corrected chi connectivity index (χ1v) is 5.59. The zero-order chi connectivity index (χ0) is 11.2. The zero-order valence-electron chi connectivity index (χ0n) is 7.47. The molecule has 14 heavy (non-hydrogen) atoms. The van der Waals surface area contributed by atoms with Crippen molar-refractivity contribution in [3.8, 4) is 0 Å². The Balaban J connectivity index is 4.00. The van der Waals surface area contributed by atoms with Crippen LogP contribution in [0.5, 0.6) is 0 Å². The summed E-state index contributed by atoms with van der Waals surface area (Å²) in [6.07, 6.45) is -0.205. The molecule has 86 valence electrons. The maximum absolute atomic E-state index is 12.5. The third-order valence-electron chi connectivity index (χ3n) is 1.40. The van der Waals surface area contributed by atoms with E-state index < -0.39 is 41.5 Å². The van der Waals surface area contributed by atoms with Crippen molar-refractivity contribution >= 4 is 10.0 Å². The molecule has 0 saturated carbocycles. The van der Waals surface area contributed by atoms with Crippen LogP contribution < -0.4 is 10.5 Å². The van der Waals surface area contributed by atoms with E-state index in [-0.39, 0.29) is 6.42 Å². The highest BCUT2D eigenvalue weighted by Gasteiger charge is 2.28. The summed E-state index contributed by atoms with van der Waals surface area (Å²) < 4.78 is 60.0. The molecule has 0 aliphatic carbocycles. The number of halogens is 3. The SMILES string of the molecule is NCC(F)(F)CNS(=O)(=O)CCCF. The summed E-state index contributed by atoms with van der Waals surface area (Å²) in [4.78, 5) is 0. The molecule has 0 radical (unpaired) electrons. The van der Waals surface area contributed by atoms with E-state index in [1.54, 1.807) is 4.72 Å². The second kappa shape index (κ2) is 5.52. The Labute approximate surface area is 80.7 Å². The molecule has 4 nitrogen and oxygen atoms in total. The molecule has 0 aromatic rings. The minimum absolute atomic E-state index is 0.205. The predicted molar refractivity (Wildman–Crippen MR) is 46.4 cm³/mol. The smallest absolute Gasteiger partial charge is 0.273 e. The van der Waals surface area contributed by atoms with Crippen LogP contribution in [0.1, 0.15) is 6.42 Å². The lowest BCUT2D eigenvalue weighted by atomic mass is 10.3. The van der Waals surface area contributed by atoms with Gasteiger partial charge in [-0.05, 0) is 6.42 Å². The van der Waals surface area contributed by atoms with Gasteiger partial charge in [0.05, 0.1) is 25.5 Å². The van der Waals surface area contributed by atoms with Crippen molar-refractivity contribution < 1.29 is 21.6 Å². The summed E-state index contributed by atoms with van der Waals surface area (Å²) in [5.41, 5.74) is 4.69. The molecule has 0 rings (SSSR count). The van der Waals surface area contributed by atoms with Gasteiger partial charge >= 0.3 is 0 Å². The molecule has 0 aliphatic rings. The lowest BCUT2D eigenvalue weighted by Crippen LogP contribution is -2.42. The Morgan fingerprint density at radius 1 is 1.36 bits per heavy atom. The van der Waals surface area contributed by atoms with Crippen LogP contribution in [-0.4, -0.2) is 39.9 Å². The molecule has 0 amide bonds. The molecule has 0 spiro atoms. The summed E-state index contributed by atoms with van der Waals surface area (Å²) in [7, 11) is -3.81. The lowest BCUT2D eigenvalue weighted by Gasteiger charge is -2.14. The summed E-state index contributed by atoms with van der Waals surface area (Å²) >= 11 is 0. The monoisotopic (exact) mass is 234 g/mol. The van der Waals surface area contributed by atoms with Gasteiger partial charge in [0.2, 0.25) is 10.0 Å². The van der Waals surface area contributed by atoms with E-state index in [1.807, 2.05) is 0 Å². The first-order valence-electron chi connectivity index (χ1n) is 3.94. The van der Waals surface area contributed by atoms with Crippen LogP contribution in [0.3, 0.4) is 0 Å². The highest BCUT2D eigenvalue weighted by atomic mass is 32.2. The van der Waals surface area contributed by atoms with Crippen LogP contribution in [0.4, 0.5) is 13.2 Å². The zero-order valence-corrected chi connectivity index (χ0v) is 8.29. The van der Waals surface area contributed by atoms with Crippen molar-refractivity contribution in [3.63, 3.8) is 0 Å². The summed E-state index contributed by atoms with van der Waals surface area (Å²) in [6, 6.07) is 0. The van der Waals surface area contributed by atoms with Crippen LogP contribution in [-0.2, 0) is 10.0 Å². The van der Waals surface area contributed by atoms with Crippen molar-refractivity contribution in [1.82, 2.24) is 4.72 Å². The molecule has 0 fully saturated rings. The van der Waals surface area contributed by atoms with Gasteiger partial charge < -0.3 is 5.73 Å². The minimum atomic E-state index is -3.81. The maximum atomic E-state index is 12.5. The molecular weight excluding hydrogens is 221 g/mol. The van der Waals surface area contributed by atoms with Crippen LogP contribution in [0, 0.1) is 0 Å². The Morgan fingerprint density at radius 3 is 2.36 bits per heavy atom. The van der Waals surface area contributed by atoms with Crippen molar-refractivity contribution in [2.45, 2.75) is 12.3 Å². The summed E-state index contributed by atoms with van der Waals surface area (Å²) in [6.45, 7) is -2.77. The number of nitrogens with two attached hydrogens (primary N) is 1. The molecule has 0 unspecified atom stereocenters. The average molecular weight is 234 g/mol. The van der Waals surface area contributed by atoms with Crippen molar-refractivity contribution in [1.29, 1.82) is 0 Å². The molecule has 0 atom stereocenters. The first-order chi connectivity index (χ1) is 6.33. The van der Waals surface area contributed by atoms with Crippen LogP contribution in [0.15, 0.2) is 0 Å². The van der Waals surface area contributed by atoms with Gasteiger partial charge in [-0.2, -0.15) is 0 Å². The topological polar surface area (TPSA) is 72.2 Å². The number of hydrogen-bond donors (Lipinski definition) is 2. The van der Waals surface area contributed by atoms with Gasteiger partial charge in [-0.25, -0.2) is 21.9 Å². The van der Waals surface area contributed by atoms with Crippen LogP contribution in [0.2, 0.25) is 0 Å².